The number of phenolic OH excluding ortho intramolecular Hbond substituents is 1. The van der Waals surface area contributed by atoms with Gasteiger partial charge in [-0.3, -0.25) is 9.69 Å². The Morgan fingerprint density at radius 2 is 2.00 bits per heavy atom. The smallest absolute Gasteiger partial charge is 0.150 e. The van der Waals surface area contributed by atoms with Crippen LogP contribution in [0.1, 0.15) is 35.2 Å². The predicted molar refractivity (Wildman–Crippen MR) is 67.6 cm³/mol. The Kier molecular flexibility index (Phi) is 4.02. The average molecular weight is 254 g/mol. The molecule has 0 aromatic heterocycles. The van der Waals surface area contributed by atoms with Crippen LogP contribution in [0.4, 0.5) is 0 Å². The number of hydrogen-bond acceptors (Lipinski definition) is 3. The van der Waals surface area contributed by atoms with E-state index in [0.29, 0.717) is 12.1 Å². The van der Waals surface area contributed by atoms with Crippen molar-refractivity contribution in [2.45, 2.75) is 25.8 Å². The van der Waals surface area contributed by atoms with Crippen molar-refractivity contribution >= 4 is 17.9 Å². The van der Waals surface area contributed by atoms with Crippen molar-refractivity contribution in [3.05, 3.63) is 28.3 Å². The first-order valence-electron chi connectivity index (χ1n) is 5.89. The van der Waals surface area contributed by atoms with E-state index in [1.165, 1.54) is 25.3 Å². The zero-order chi connectivity index (χ0) is 12.3. The molecule has 1 aliphatic rings. The van der Waals surface area contributed by atoms with E-state index in [4.69, 9.17) is 11.6 Å². The Labute approximate surface area is 106 Å². The maximum atomic E-state index is 10.8. The van der Waals surface area contributed by atoms with E-state index in [1.807, 2.05) is 0 Å². The number of phenols is 1. The lowest BCUT2D eigenvalue weighted by atomic mass is 10.1. The molecule has 1 heterocycles. The molecule has 1 aliphatic heterocycles. The molecule has 1 aromatic rings. The summed E-state index contributed by atoms with van der Waals surface area (Å²) in [6.07, 6.45) is 4.42. The summed E-state index contributed by atoms with van der Waals surface area (Å²) < 4.78 is 0. The molecule has 0 bridgehead atoms. The number of rotatable bonds is 3. The molecule has 0 radical (unpaired) electrons. The van der Waals surface area contributed by atoms with Crippen LogP contribution in [0.2, 0.25) is 5.02 Å². The van der Waals surface area contributed by atoms with Crippen molar-refractivity contribution < 1.29 is 9.90 Å². The normalized spacial score (nSPS) is 17.0. The maximum Gasteiger partial charge on any atom is 0.150 e. The van der Waals surface area contributed by atoms with E-state index < -0.39 is 0 Å². The molecule has 0 unspecified atom stereocenters. The lowest BCUT2D eigenvalue weighted by Crippen LogP contribution is -2.29. The fourth-order valence-electron chi connectivity index (χ4n) is 2.23. The minimum absolute atomic E-state index is 0.0999. The van der Waals surface area contributed by atoms with Crippen molar-refractivity contribution in [2.24, 2.45) is 0 Å². The molecular formula is C13H16ClNO2. The molecule has 2 rings (SSSR count). The van der Waals surface area contributed by atoms with Crippen LogP contribution in [-0.4, -0.2) is 29.4 Å². The van der Waals surface area contributed by atoms with Gasteiger partial charge in [0.2, 0.25) is 0 Å². The molecule has 0 spiro atoms. The highest BCUT2D eigenvalue weighted by Gasteiger charge is 2.14. The first-order valence-corrected chi connectivity index (χ1v) is 6.27. The minimum atomic E-state index is 0.0999. The fourth-order valence-corrected chi connectivity index (χ4v) is 2.47. The van der Waals surface area contributed by atoms with Crippen LogP contribution in [0, 0.1) is 0 Å². The summed E-state index contributed by atoms with van der Waals surface area (Å²) in [5.41, 5.74) is 1.25. The molecular weight excluding hydrogens is 238 g/mol. The molecule has 0 aliphatic carbocycles. The number of carbonyl (C=O) groups is 1. The number of piperidine rings is 1. The summed E-state index contributed by atoms with van der Waals surface area (Å²) in [7, 11) is 0. The number of nitrogens with zero attached hydrogens (tertiary/aromatic N) is 1. The van der Waals surface area contributed by atoms with Crippen LogP contribution >= 0.6 is 11.6 Å². The molecule has 0 saturated carbocycles. The second-order valence-electron chi connectivity index (χ2n) is 4.47. The van der Waals surface area contributed by atoms with Crippen LogP contribution in [0.3, 0.4) is 0 Å². The molecule has 1 saturated heterocycles. The van der Waals surface area contributed by atoms with Gasteiger partial charge < -0.3 is 5.11 Å². The Bertz CT molecular complexity index is 414. The van der Waals surface area contributed by atoms with Crippen LogP contribution < -0.4 is 0 Å². The van der Waals surface area contributed by atoms with Crippen molar-refractivity contribution in [3.8, 4) is 5.75 Å². The number of halogens is 1. The van der Waals surface area contributed by atoms with Gasteiger partial charge in [-0.05, 0) is 38.1 Å². The second kappa shape index (κ2) is 5.52. The van der Waals surface area contributed by atoms with Crippen molar-refractivity contribution in [3.63, 3.8) is 0 Å². The van der Waals surface area contributed by atoms with E-state index in [9.17, 15) is 9.90 Å². The van der Waals surface area contributed by atoms with Gasteiger partial charge in [0, 0.05) is 17.7 Å². The highest BCUT2D eigenvalue weighted by atomic mass is 35.5. The lowest BCUT2D eigenvalue weighted by molar-refractivity contribution is 0.112. The monoisotopic (exact) mass is 253 g/mol. The lowest BCUT2D eigenvalue weighted by Gasteiger charge is -2.26. The summed E-state index contributed by atoms with van der Waals surface area (Å²) >= 11 is 5.89. The summed E-state index contributed by atoms with van der Waals surface area (Å²) in [4.78, 5) is 13.0. The fraction of sp³-hybridized carbons (Fsp3) is 0.462. The third-order valence-corrected chi connectivity index (χ3v) is 3.43. The summed E-state index contributed by atoms with van der Waals surface area (Å²) in [5.74, 6) is 0.0999. The highest BCUT2D eigenvalue weighted by Crippen LogP contribution is 2.30. The number of benzene rings is 1. The van der Waals surface area contributed by atoms with Gasteiger partial charge in [0.05, 0.1) is 5.02 Å². The number of likely N-dealkylation sites (tertiary alicyclic amines) is 1. The van der Waals surface area contributed by atoms with Crippen LogP contribution in [-0.2, 0) is 6.54 Å². The maximum absolute atomic E-state index is 10.8. The van der Waals surface area contributed by atoms with Gasteiger partial charge in [0.1, 0.15) is 12.0 Å². The van der Waals surface area contributed by atoms with Crippen molar-refractivity contribution in [1.29, 1.82) is 0 Å². The van der Waals surface area contributed by atoms with E-state index in [1.54, 1.807) is 6.07 Å². The van der Waals surface area contributed by atoms with Gasteiger partial charge in [0.25, 0.3) is 0 Å². The predicted octanol–water partition coefficient (Wildman–Crippen LogP) is 2.84. The molecule has 1 fully saturated rings. The van der Waals surface area contributed by atoms with Gasteiger partial charge in [0.15, 0.2) is 0 Å². The van der Waals surface area contributed by atoms with E-state index in [0.717, 1.165) is 24.9 Å². The molecule has 1 aromatic carbocycles. The van der Waals surface area contributed by atoms with Gasteiger partial charge in [-0.25, -0.2) is 0 Å². The molecule has 0 atom stereocenters. The summed E-state index contributed by atoms with van der Waals surface area (Å²) in [6, 6.07) is 3.20. The SMILES string of the molecule is O=Cc1cc(Cl)c(O)c(CN2CCCCC2)c1. The Hall–Kier alpha value is -1.06. The van der Waals surface area contributed by atoms with E-state index in [2.05, 4.69) is 4.90 Å². The molecule has 0 amide bonds. The molecule has 1 N–H and O–H groups in total. The zero-order valence-corrected chi connectivity index (χ0v) is 10.4. The number of aldehydes is 1. The Morgan fingerprint density at radius 3 is 2.65 bits per heavy atom. The second-order valence-corrected chi connectivity index (χ2v) is 4.87. The topological polar surface area (TPSA) is 40.5 Å². The first-order chi connectivity index (χ1) is 8.20. The molecule has 4 heteroatoms. The zero-order valence-electron chi connectivity index (χ0n) is 9.66. The largest absolute Gasteiger partial charge is 0.506 e. The molecule has 92 valence electrons. The van der Waals surface area contributed by atoms with E-state index in [-0.39, 0.29) is 10.8 Å². The Balaban J connectivity index is 2.18. The average Bonchev–Trinajstić information content (AvgIpc) is 2.36. The van der Waals surface area contributed by atoms with Gasteiger partial charge in [-0.1, -0.05) is 18.0 Å². The highest BCUT2D eigenvalue weighted by molar-refractivity contribution is 6.32. The summed E-state index contributed by atoms with van der Waals surface area (Å²) in [5, 5.41) is 10.1. The van der Waals surface area contributed by atoms with E-state index >= 15 is 0 Å². The molecule has 17 heavy (non-hydrogen) atoms. The summed E-state index contributed by atoms with van der Waals surface area (Å²) in [6.45, 7) is 2.75. The third-order valence-electron chi connectivity index (χ3n) is 3.14. The van der Waals surface area contributed by atoms with Crippen molar-refractivity contribution in [2.75, 3.05) is 13.1 Å². The van der Waals surface area contributed by atoms with Gasteiger partial charge >= 0.3 is 0 Å². The minimum Gasteiger partial charge on any atom is -0.506 e. The van der Waals surface area contributed by atoms with Crippen LogP contribution in [0.25, 0.3) is 0 Å². The van der Waals surface area contributed by atoms with Crippen LogP contribution in [0.15, 0.2) is 12.1 Å². The molecule has 3 nitrogen and oxygen atoms in total. The van der Waals surface area contributed by atoms with Gasteiger partial charge in [-0.2, -0.15) is 0 Å². The van der Waals surface area contributed by atoms with Gasteiger partial charge in [-0.15, -0.1) is 0 Å². The first kappa shape index (κ1) is 12.4. The Morgan fingerprint density at radius 1 is 1.29 bits per heavy atom. The third kappa shape index (κ3) is 2.99. The standard InChI is InChI=1S/C13H16ClNO2/c14-12-7-10(9-16)6-11(13(12)17)8-15-4-2-1-3-5-15/h6-7,9,17H,1-5,8H2. The number of carbonyl (C=O) groups excluding carboxylic acids is 1. The van der Waals surface area contributed by atoms with Crippen molar-refractivity contribution in [1.82, 2.24) is 4.90 Å². The number of aromatic hydroxyl groups is 1. The quantitative estimate of drug-likeness (QED) is 0.842. The number of hydrogen-bond donors (Lipinski definition) is 1. The van der Waals surface area contributed by atoms with Crippen LogP contribution in [0.5, 0.6) is 5.75 Å².